The topological polar surface area (TPSA) is 66.4 Å². The third kappa shape index (κ3) is 3.74. The number of hydrogen-bond acceptors (Lipinski definition) is 5. The standard InChI is InChI=1S/C20H24N4O2S/c1-13-8-16(12-27-13)20(26)24-7-5-18-17(11-24)9-21-19(22-18)15-4-3-6-23(10-15)14(2)25/h8-9,12,15H,3-7,10-11H2,1-2H3/t15-/m0/s1. The molecule has 1 fully saturated rings. The van der Waals surface area contributed by atoms with Gasteiger partial charge in [0, 0.05) is 67.5 Å². The summed E-state index contributed by atoms with van der Waals surface area (Å²) in [6, 6.07) is 1.95. The molecule has 0 unspecified atom stereocenters. The highest BCUT2D eigenvalue weighted by molar-refractivity contribution is 7.10. The minimum atomic E-state index is 0.0819. The number of hydrogen-bond donors (Lipinski definition) is 0. The van der Waals surface area contributed by atoms with Gasteiger partial charge >= 0.3 is 0 Å². The van der Waals surface area contributed by atoms with Crippen LogP contribution in [0.25, 0.3) is 0 Å². The summed E-state index contributed by atoms with van der Waals surface area (Å²) in [6.07, 6.45) is 4.64. The SMILES string of the molecule is CC(=O)N1CCC[C@H](c2ncc3c(n2)CCN(C(=O)c2csc(C)c2)C3)C1. The van der Waals surface area contributed by atoms with E-state index in [9.17, 15) is 9.59 Å². The van der Waals surface area contributed by atoms with E-state index in [1.54, 1.807) is 18.3 Å². The molecule has 2 amide bonds. The predicted octanol–water partition coefficient (Wildman–Crippen LogP) is 2.77. The van der Waals surface area contributed by atoms with Crippen LogP contribution in [-0.4, -0.2) is 51.2 Å². The molecular formula is C20H24N4O2S. The number of thiophene rings is 1. The van der Waals surface area contributed by atoms with E-state index in [1.165, 1.54) is 0 Å². The lowest BCUT2D eigenvalue weighted by molar-refractivity contribution is -0.130. The molecule has 27 heavy (non-hydrogen) atoms. The zero-order chi connectivity index (χ0) is 19.0. The Morgan fingerprint density at radius 2 is 2.11 bits per heavy atom. The van der Waals surface area contributed by atoms with Gasteiger partial charge in [0.15, 0.2) is 0 Å². The monoisotopic (exact) mass is 384 g/mol. The van der Waals surface area contributed by atoms with Gasteiger partial charge < -0.3 is 9.80 Å². The van der Waals surface area contributed by atoms with E-state index in [1.807, 2.05) is 34.4 Å². The van der Waals surface area contributed by atoms with E-state index in [0.717, 1.165) is 53.3 Å². The highest BCUT2D eigenvalue weighted by Crippen LogP contribution is 2.27. The van der Waals surface area contributed by atoms with Gasteiger partial charge in [-0.2, -0.15) is 0 Å². The van der Waals surface area contributed by atoms with Gasteiger partial charge in [-0.05, 0) is 25.8 Å². The first-order chi connectivity index (χ1) is 13.0. The molecule has 0 aliphatic carbocycles. The van der Waals surface area contributed by atoms with Gasteiger partial charge in [0.2, 0.25) is 5.91 Å². The molecule has 0 aromatic carbocycles. The second kappa shape index (κ2) is 7.38. The number of nitrogens with zero attached hydrogens (tertiary/aromatic N) is 4. The van der Waals surface area contributed by atoms with E-state index in [0.29, 0.717) is 19.6 Å². The quantitative estimate of drug-likeness (QED) is 0.799. The molecular weight excluding hydrogens is 360 g/mol. The minimum Gasteiger partial charge on any atom is -0.342 e. The highest BCUT2D eigenvalue weighted by atomic mass is 32.1. The average Bonchev–Trinajstić information content (AvgIpc) is 3.13. The van der Waals surface area contributed by atoms with Gasteiger partial charge in [-0.15, -0.1) is 11.3 Å². The molecule has 4 rings (SSSR count). The molecule has 1 atom stereocenters. The first-order valence-electron chi connectivity index (χ1n) is 9.46. The zero-order valence-electron chi connectivity index (χ0n) is 15.8. The first kappa shape index (κ1) is 18.1. The van der Waals surface area contributed by atoms with E-state index < -0.39 is 0 Å². The Labute approximate surface area is 163 Å². The molecule has 2 aliphatic heterocycles. The van der Waals surface area contributed by atoms with Crippen molar-refractivity contribution in [1.29, 1.82) is 0 Å². The molecule has 0 spiro atoms. The Hall–Kier alpha value is -2.28. The molecule has 0 N–H and O–H groups in total. The van der Waals surface area contributed by atoms with Gasteiger partial charge in [-0.1, -0.05) is 0 Å². The normalized spacial score (nSPS) is 19.7. The van der Waals surface area contributed by atoms with Crippen molar-refractivity contribution >= 4 is 23.2 Å². The number of amides is 2. The van der Waals surface area contributed by atoms with Crippen LogP contribution in [0.5, 0.6) is 0 Å². The Bertz CT molecular complexity index is 879. The molecule has 7 heteroatoms. The van der Waals surface area contributed by atoms with Crippen molar-refractivity contribution < 1.29 is 9.59 Å². The molecule has 0 radical (unpaired) electrons. The molecule has 2 aromatic rings. The van der Waals surface area contributed by atoms with Gasteiger partial charge in [-0.3, -0.25) is 9.59 Å². The number of carbonyl (C=O) groups excluding carboxylic acids is 2. The number of likely N-dealkylation sites (tertiary alicyclic amines) is 1. The van der Waals surface area contributed by atoms with Gasteiger partial charge in [0.25, 0.3) is 5.91 Å². The fourth-order valence-corrected chi connectivity index (χ4v) is 4.59. The number of piperidine rings is 1. The Balaban J connectivity index is 1.48. The molecule has 0 saturated carbocycles. The summed E-state index contributed by atoms with van der Waals surface area (Å²) in [6.45, 7) is 6.42. The molecule has 2 aromatic heterocycles. The van der Waals surface area contributed by atoms with E-state index in [2.05, 4.69) is 4.98 Å². The number of aryl methyl sites for hydroxylation is 1. The van der Waals surface area contributed by atoms with E-state index in [-0.39, 0.29) is 17.7 Å². The summed E-state index contributed by atoms with van der Waals surface area (Å²) >= 11 is 1.60. The fraction of sp³-hybridized carbons (Fsp3) is 0.500. The Morgan fingerprint density at radius 3 is 2.85 bits per heavy atom. The summed E-state index contributed by atoms with van der Waals surface area (Å²) in [4.78, 5) is 38.7. The molecule has 0 bridgehead atoms. The van der Waals surface area contributed by atoms with E-state index >= 15 is 0 Å². The van der Waals surface area contributed by atoms with Crippen LogP contribution in [-0.2, 0) is 17.8 Å². The molecule has 6 nitrogen and oxygen atoms in total. The lowest BCUT2D eigenvalue weighted by Gasteiger charge is -2.32. The highest BCUT2D eigenvalue weighted by Gasteiger charge is 2.28. The Morgan fingerprint density at radius 1 is 1.26 bits per heavy atom. The third-order valence-electron chi connectivity index (χ3n) is 5.45. The number of carbonyl (C=O) groups is 2. The lowest BCUT2D eigenvalue weighted by atomic mass is 9.96. The first-order valence-corrected chi connectivity index (χ1v) is 10.3. The summed E-state index contributed by atoms with van der Waals surface area (Å²) in [7, 11) is 0. The zero-order valence-corrected chi connectivity index (χ0v) is 16.6. The van der Waals surface area contributed by atoms with Crippen molar-refractivity contribution in [2.45, 2.75) is 45.6 Å². The molecule has 4 heterocycles. The second-order valence-electron chi connectivity index (χ2n) is 7.43. The van der Waals surface area contributed by atoms with Crippen LogP contribution in [0.2, 0.25) is 0 Å². The Kier molecular flexibility index (Phi) is 4.95. The number of aromatic nitrogens is 2. The maximum Gasteiger partial charge on any atom is 0.255 e. The van der Waals surface area contributed by atoms with Crippen LogP contribution in [0.4, 0.5) is 0 Å². The van der Waals surface area contributed by atoms with Crippen molar-refractivity contribution in [2.24, 2.45) is 0 Å². The number of fused-ring (bicyclic) bond motifs is 1. The van der Waals surface area contributed by atoms with Crippen LogP contribution >= 0.6 is 11.3 Å². The smallest absolute Gasteiger partial charge is 0.255 e. The molecule has 142 valence electrons. The minimum absolute atomic E-state index is 0.0819. The van der Waals surface area contributed by atoms with Crippen LogP contribution in [0.15, 0.2) is 17.6 Å². The maximum atomic E-state index is 12.7. The lowest BCUT2D eigenvalue weighted by Crippen LogP contribution is -2.39. The summed E-state index contributed by atoms with van der Waals surface area (Å²) in [5.41, 5.74) is 2.85. The molecule has 2 aliphatic rings. The average molecular weight is 385 g/mol. The maximum absolute atomic E-state index is 12.7. The van der Waals surface area contributed by atoms with Crippen LogP contribution in [0, 0.1) is 6.92 Å². The van der Waals surface area contributed by atoms with Crippen molar-refractivity contribution in [1.82, 2.24) is 19.8 Å². The third-order valence-corrected chi connectivity index (χ3v) is 6.31. The predicted molar refractivity (Wildman–Crippen MR) is 104 cm³/mol. The number of rotatable bonds is 2. The van der Waals surface area contributed by atoms with Gasteiger partial charge in [0.1, 0.15) is 5.82 Å². The van der Waals surface area contributed by atoms with E-state index in [4.69, 9.17) is 4.98 Å². The molecule has 1 saturated heterocycles. The largest absolute Gasteiger partial charge is 0.342 e. The van der Waals surface area contributed by atoms with Crippen LogP contribution < -0.4 is 0 Å². The van der Waals surface area contributed by atoms with Crippen LogP contribution in [0.3, 0.4) is 0 Å². The van der Waals surface area contributed by atoms with Gasteiger partial charge in [-0.25, -0.2) is 9.97 Å². The van der Waals surface area contributed by atoms with Crippen molar-refractivity contribution in [3.05, 3.63) is 45.2 Å². The second-order valence-corrected chi connectivity index (χ2v) is 8.54. The van der Waals surface area contributed by atoms with Crippen molar-refractivity contribution in [2.75, 3.05) is 19.6 Å². The summed E-state index contributed by atoms with van der Waals surface area (Å²) < 4.78 is 0. The van der Waals surface area contributed by atoms with Crippen molar-refractivity contribution in [3.63, 3.8) is 0 Å². The summed E-state index contributed by atoms with van der Waals surface area (Å²) in [5, 5.41) is 1.93. The van der Waals surface area contributed by atoms with Crippen LogP contribution in [0.1, 0.15) is 58.0 Å². The summed E-state index contributed by atoms with van der Waals surface area (Å²) in [5.74, 6) is 1.25. The fourth-order valence-electron chi connectivity index (χ4n) is 3.91. The van der Waals surface area contributed by atoms with Gasteiger partial charge in [0.05, 0.1) is 11.3 Å². The van der Waals surface area contributed by atoms with Crippen molar-refractivity contribution in [3.8, 4) is 0 Å².